The molecular weight excluding hydrogens is 372 g/mol. The first-order valence-electron chi connectivity index (χ1n) is 8.89. The zero-order chi connectivity index (χ0) is 20.5. The predicted octanol–water partition coefficient (Wildman–Crippen LogP) is 2.60. The molecule has 0 saturated carbocycles. The van der Waals surface area contributed by atoms with E-state index in [1.807, 2.05) is 13.0 Å². The number of nitrogens with zero attached hydrogens (tertiary/aromatic N) is 6. The topological polar surface area (TPSA) is 106 Å². The van der Waals surface area contributed by atoms with Gasteiger partial charge in [-0.05, 0) is 25.1 Å². The number of hydrogen-bond acceptors (Lipinski definition) is 7. The second-order valence-electron chi connectivity index (χ2n) is 6.47. The summed E-state index contributed by atoms with van der Waals surface area (Å²) in [6, 6.07) is 7.11. The number of ether oxygens (including phenoxy) is 2. The minimum atomic E-state index is -0.273. The summed E-state index contributed by atoms with van der Waals surface area (Å²) in [5, 5.41) is 13.0. The number of pyridine rings is 2. The van der Waals surface area contributed by atoms with Gasteiger partial charge in [0.2, 0.25) is 0 Å². The van der Waals surface area contributed by atoms with Crippen LogP contribution in [0.1, 0.15) is 29.0 Å². The van der Waals surface area contributed by atoms with E-state index in [0.29, 0.717) is 34.3 Å². The van der Waals surface area contributed by atoms with Crippen LogP contribution in [0.4, 0.5) is 5.69 Å². The average Bonchev–Trinajstić information content (AvgIpc) is 3.30. The van der Waals surface area contributed by atoms with Gasteiger partial charge in [0.25, 0.3) is 11.8 Å². The molecule has 4 heterocycles. The monoisotopic (exact) mass is 390 g/mol. The molecule has 0 radical (unpaired) electrons. The predicted molar refractivity (Wildman–Crippen MR) is 104 cm³/mol. The molecule has 29 heavy (non-hydrogen) atoms. The van der Waals surface area contributed by atoms with E-state index in [1.165, 1.54) is 11.8 Å². The molecule has 3 aromatic rings. The number of aromatic nitrogens is 4. The summed E-state index contributed by atoms with van der Waals surface area (Å²) >= 11 is 0. The quantitative estimate of drug-likeness (QED) is 0.659. The lowest BCUT2D eigenvalue weighted by Crippen LogP contribution is -2.25. The molecule has 3 aromatic heterocycles. The molecule has 146 valence electrons. The third-order valence-corrected chi connectivity index (χ3v) is 4.81. The van der Waals surface area contributed by atoms with Crippen molar-refractivity contribution >= 4 is 11.6 Å². The van der Waals surface area contributed by atoms with Gasteiger partial charge in [-0.15, -0.1) is 0 Å². The number of nitriles is 1. The van der Waals surface area contributed by atoms with Crippen LogP contribution in [-0.4, -0.2) is 39.9 Å². The van der Waals surface area contributed by atoms with E-state index in [9.17, 15) is 4.79 Å². The molecule has 0 aliphatic carbocycles. The van der Waals surface area contributed by atoms with Crippen LogP contribution in [0.15, 0.2) is 36.8 Å². The second kappa shape index (κ2) is 7.24. The molecule has 0 fully saturated rings. The molecule has 1 aliphatic heterocycles. The minimum absolute atomic E-state index is 0.123. The van der Waals surface area contributed by atoms with E-state index in [4.69, 9.17) is 19.7 Å². The van der Waals surface area contributed by atoms with Crippen molar-refractivity contribution in [2.75, 3.05) is 19.1 Å². The van der Waals surface area contributed by atoms with E-state index in [2.05, 4.69) is 10.1 Å². The van der Waals surface area contributed by atoms with Crippen LogP contribution >= 0.6 is 0 Å². The third-order valence-electron chi connectivity index (χ3n) is 4.81. The Kier molecular flexibility index (Phi) is 4.60. The van der Waals surface area contributed by atoms with E-state index in [0.717, 1.165) is 5.56 Å². The first-order valence-corrected chi connectivity index (χ1v) is 8.89. The van der Waals surface area contributed by atoms with Crippen molar-refractivity contribution in [1.82, 2.24) is 19.7 Å². The molecule has 4 rings (SSSR count). The SMILES string of the molecule is COc1cc(-c2ccc3c(n2)[C@@H](C)N(c2cnn(CC#N)c2)C3=O)cnc1OC. The summed E-state index contributed by atoms with van der Waals surface area (Å²) in [6.45, 7) is 2.03. The molecule has 0 saturated heterocycles. The summed E-state index contributed by atoms with van der Waals surface area (Å²) in [7, 11) is 3.07. The van der Waals surface area contributed by atoms with E-state index in [1.54, 1.807) is 48.8 Å². The Hall–Kier alpha value is -3.93. The lowest BCUT2D eigenvalue weighted by Gasteiger charge is -2.19. The van der Waals surface area contributed by atoms with Crippen LogP contribution in [-0.2, 0) is 6.54 Å². The Morgan fingerprint density at radius 3 is 2.79 bits per heavy atom. The number of rotatable bonds is 5. The summed E-state index contributed by atoms with van der Waals surface area (Å²) in [4.78, 5) is 23.6. The highest BCUT2D eigenvalue weighted by Gasteiger charge is 2.37. The summed E-state index contributed by atoms with van der Waals surface area (Å²) < 4.78 is 12.0. The normalized spacial score (nSPS) is 15.2. The maximum atomic E-state index is 12.9. The molecule has 0 bridgehead atoms. The van der Waals surface area contributed by atoms with Crippen molar-refractivity contribution in [1.29, 1.82) is 5.26 Å². The van der Waals surface area contributed by atoms with Crippen LogP contribution in [0.25, 0.3) is 11.3 Å². The number of methoxy groups -OCH3 is 2. The second-order valence-corrected chi connectivity index (χ2v) is 6.47. The zero-order valence-electron chi connectivity index (χ0n) is 16.2. The van der Waals surface area contributed by atoms with Crippen LogP contribution in [0, 0.1) is 11.3 Å². The summed E-state index contributed by atoms with van der Waals surface area (Å²) in [6.07, 6.45) is 4.92. The van der Waals surface area contributed by atoms with Crippen LogP contribution in [0.5, 0.6) is 11.6 Å². The molecule has 1 atom stereocenters. The Labute approximate surface area is 167 Å². The lowest BCUT2D eigenvalue weighted by atomic mass is 10.1. The van der Waals surface area contributed by atoms with E-state index in [-0.39, 0.29) is 18.5 Å². The average molecular weight is 390 g/mol. The first-order chi connectivity index (χ1) is 14.1. The van der Waals surface area contributed by atoms with Crippen molar-refractivity contribution in [2.24, 2.45) is 0 Å². The van der Waals surface area contributed by atoms with Crippen LogP contribution < -0.4 is 14.4 Å². The van der Waals surface area contributed by atoms with Crippen molar-refractivity contribution in [3.63, 3.8) is 0 Å². The number of anilines is 1. The third kappa shape index (κ3) is 3.04. The van der Waals surface area contributed by atoms with Gasteiger partial charge in [-0.2, -0.15) is 10.4 Å². The van der Waals surface area contributed by atoms with Gasteiger partial charge in [-0.1, -0.05) is 0 Å². The minimum Gasteiger partial charge on any atom is -0.491 e. The Morgan fingerprint density at radius 1 is 1.24 bits per heavy atom. The Bertz CT molecular complexity index is 1130. The fourth-order valence-electron chi connectivity index (χ4n) is 3.41. The fourth-order valence-corrected chi connectivity index (χ4v) is 3.41. The first kappa shape index (κ1) is 18.4. The number of hydrogen-bond donors (Lipinski definition) is 0. The highest BCUT2D eigenvalue weighted by molar-refractivity contribution is 6.10. The van der Waals surface area contributed by atoms with E-state index < -0.39 is 0 Å². The Morgan fingerprint density at radius 2 is 2.07 bits per heavy atom. The highest BCUT2D eigenvalue weighted by atomic mass is 16.5. The fraction of sp³-hybridized carbons (Fsp3) is 0.250. The molecule has 9 heteroatoms. The highest BCUT2D eigenvalue weighted by Crippen LogP contribution is 2.37. The molecule has 9 nitrogen and oxygen atoms in total. The van der Waals surface area contributed by atoms with Crippen molar-refractivity contribution in [2.45, 2.75) is 19.5 Å². The van der Waals surface area contributed by atoms with Crippen molar-refractivity contribution in [3.05, 3.63) is 48.0 Å². The lowest BCUT2D eigenvalue weighted by molar-refractivity contribution is 0.0992. The van der Waals surface area contributed by atoms with Crippen LogP contribution in [0.2, 0.25) is 0 Å². The molecular formula is C20H18N6O3. The molecule has 0 N–H and O–H groups in total. The summed E-state index contributed by atoms with van der Waals surface area (Å²) in [5.74, 6) is 0.748. The Balaban J connectivity index is 1.70. The zero-order valence-corrected chi connectivity index (χ0v) is 16.2. The maximum Gasteiger partial charge on any atom is 0.260 e. The molecule has 0 aromatic carbocycles. The van der Waals surface area contributed by atoms with Gasteiger partial charge in [0.15, 0.2) is 5.75 Å². The van der Waals surface area contributed by atoms with Gasteiger partial charge in [-0.3, -0.25) is 14.4 Å². The van der Waals surface area contributed by atoms with Crippen molar-refractivity contribution in [3.8, 4) is 29.0 Å². The molecule has 0 unspecified atom stereocenters. The van der Waals surface area contributed by atoms with Gasteiger partial charge in [0.05, 0.1) is 55.2 Å². The van der Waals surface area contributed by atoms with Crippen molar-refractivity contribution < 1.29 is 14.3 Å². The van der Waals surface area contributed by atoms with Gasteiger partial charge < -0.3 is 9.47 Å². The van der Waals surface area contributed by atoms with E-state index >= 15 is 0 Å². The van der Waals surface area contributed by atoms with Crippen LogP contribution in [0.3, 0.4) is 0 Å². The van der Waals surface area contributed by atoms with Gasteiger partial charge >= 0.3 is 0 Å². The summed E-state index contributed by atoms with van der Waals surface area (Å²) in [5.41, 5.74) is 3.28. The standard InChI is InChI=1S/C20H18N6O3/c1-12-18-15(20(27)26(12)14-10-23-25(11-14)7-6-21)4-5-16(24-18)13-8-17(28-2)19(29-3)22-9-13/h4-5,8-12H,7H2,1-3H3/t12-/m1/s1. The number of amides is 1. The number of carbonyl (C=O) groups is 1. The largest absolute Gasteiger partial charge is 0.491 e. The molecule has 0 spiro atoms. The maximum absolute atomic E-state index is 12.9. The van der Waals surface area contributed by atoms with Gasteiger partial charge in [-0.25, -0.2) is 9.97 Å². The number of carbonyl (C=O) groups excluding carboxylic acids is 1. The molecule has 1 amide bonds. The smallest absolute Gasteiger partial charge is 0.260 e. The number of fused-ring (bicyclic) bond motifs is 1. The van der Waals surface area contributed by atoms with Gasteiger partial charge in [0.1, 0.15) is 6.54 Å². The molecule has 1 aliphatic rings. The van der Waals surface area contributed by atoms with Gasteiger partial charge in [0, 0.05) is 18.0 Å².